The summed E-state index contributed by atoms with van der Waals surface area (Å²) in [6, 6.07) is 24.6. The van der Waals surface area contributed by atoms with Gasteiger partial charge in [0, 0.05) is 0 Å². The first-order chi connectivity index (χ1) is 14.7. The number of rotatable bonds is 3. The lowest BCUT2D eigenvalue weighted by Crippen LogP contribution is -2.28. The zero-order valence-electron chi connectivity index (χ0n) is 15.7. The van der Waals surface area contributed by atoms with E-state index in [1.165, 1.54) is 11.8 Å². The summed E-state index contributed by atoms with van der Waals surface area (Å²) in [5.41, 5.74) is 3.53. The van der Waals surface area contributed by atoms with Gasteiger partial charge in [0.1, 0.15) is 0 Å². The summed E-state index contributed by atoms with van der Waals surface area (Å²) in [7, 11) is 0. The molecule has 0 radical (unpaired) electrons. The number of imidazole rings is 1. The highest BCUT2D eigenvalue weighted by Crippen LogP contribution is 2.37. The van der Waals surface area contributed by atoms with Gasteiger partial charge in [0.25, 0.3) is 5.91 Å². The average molecular weight is 412 g/mol. The Labute approximate surface area is 176 Å². The number of nitrogens with one attached hydrogen (secondary N) is 2. The number of hydrogen-bond donors (Lipinski definition) is 2. The topological polar surface area (TPSA) is 81.3 Å². The Bertz CT molecular complexity index is 1350. The highest BCUT2D eigenvalue weighted by Gasteiger charge is 2.34. The molecule has 1 amide bonds. The molecule has 2 N–H and O–H groups in total. The van der Waals surface area contributed by atoms with Gasteiger partial charge in [-0.1, -0.05) is 42.5 Å². The van der Waals surface area contributed by atoms with Crippen molar-refractivity contribution in [2.24, 2.45) is 4.99 Å². The minimum atomic E-state index is -0.256. The average Bonchev–Trinajstić information content (AvgIpc) is 3.27. The standard InChI is InChI=1S/C23H16N4O2S/c28-21-20(14-15-11-12-18-19(13-15)26-22(29)25-18)30-23(24-16-7-3-1-4-8-16)27(21)17-9-5-2-6-10-17/h1-14H,(H2,25,26,29). The summed E-state index contributed by atoms with van der Waals surface area (Å²) >= 11 is 1.33. The van der Waals surface area contributed by atoms with Crippen LogP contribution >= 0.6 is 11.8 Å². The number of para-hydroxylation sites is 2. The minimum Gasteiger partial charge on any atom is -0.306 e. The molecule has 30 heavy (non-hydrogen) atoms. The molecule has 1 aromatic heterocycles. The van der Waals surface area contributed by atoms with Gasteiger partial charge < -0.3 is 9.97 Å². The summed E-state index contributed by atoms with van der Waals surface area (Å²) in [5, 5.41) is 0.597. The second-order valence-electron chi connectivity index (χ2n) is 6.70. The van der Waals surface area contributed by atoms with Gasteiger partial charge in [-0.05, 0) is 59.8 Å². The normalized spacial score (nSPS) is 16.8. The minimum absolute atomic E-state index is 0.136. The lowest BCUT2D eigenvalue weighted by Gasteiger charge is -2.15. The van der Waals surface area contributed by atoms with Crippen molar-refractivity contribution in [3.05, 3.63) is 99.8 Å². The van der Waals surface area contributed by atoms with Gasteiger partial charge in [-0.15, -0.1) is 0 Å². The van der Waals surface area contributed by atoms with Gasteiger partial charge in [0.2, 0.25) is 0 Å². The van der Waals surface area contributed by atoms with E-state index in [2.05, 4.69) is 9.97 Å². The summed E-state index contributed by atoms with van der Waals surface area (Å²) in [4.78, 5) is 37.1. The zero-order chi connectivity index (χ0) is 20.5. The quantitative estimate of drug-likeness (QED) is 0.480. The molecule has 1 aliphatic rings. The number of benzene rings is 3. The number of anilines is 1. The number of fused-ring (bicyclic) bond motifs is 1. The molecule has 6 nitrogen and oxygen atoms in total. The molecule has 0 unspecified atom stereocenters. The fraction of sp³-hybridized carbons (Fsp3) is 0. The molecule has 0 saturated carbocycles. The smallest absolute Gasteiger partial charge is 0.306 e. The summed E-state index contributed by atoms with van der Waals surface area (Å²) < 4.78 is 0. The van der Waals surface area contributed by atoms with Gasteiger partial charge in [0.05, 0.1) is 27.3 Å². The Kier molecular flexibility index (Phi) is 4.57. The first kappa shape index (κ1) is 18.2. The predicted molar refractivity (Wildman–Crippen MR) is 122 cm³/mol. The van der Waals surface area contributed by atoms with Crippen molar-refractivity contribution < 1.29 is 4.79 Å². The molecular weight excluding hydrogens is 396 g/mol. The van der Waals surface area contributed by atoms with Crippen LogP contribution in [0.2, 0.25) is 0 Å². The largest absolute Gasteiger partial charge is 0.323 e. The van der Waals surface area contributed by atoms with E-state index in [4.69, 9.17) is 4.99 Å². The van der Waals surface area contributed by atoms with Crippen molar-refractivity contribution in [2.45, 2.75) is 0 Å². The number of aromatic nitrogens is 2. The second kappa shape index (κ2) is 7.53. The van der Waals surface area contributed by atoms with Crippen LogP contribution in [0.15, 0.2) is 93.6 Å². The number of nitrogens with zero attached hydrogens (tertiary/aromatic N) is 2. The Morgan fingerprint density at radius 2 is 1.53 bits per heavy atom. The highest BCUT2D eigenvalue weighted by atomic mass is 32.2. The first-order valence-electron chi connectivity index (χ1n) is 9.32. The number of H-pyrrole nitrogens is 2. The lowest BCUT2D eigenvalue weighted by molar-refractivity contribution is -0.113. The molecule has 146 valence electrons. The van der Waals surface area contributed by atoms with Crippen molar-refractivity contribution in [1.82, 2.24) is 9.97 Å². The molecule has 1 fully saturated rings. The third-order valence-corrected chi connectivity index (χ3v) is 5.61. The first-order valence-corrected chi connectivity index (χ1v) is 10.1. The highest BCUT2D eigenvalue weighted by molar-refractivity contribution is 8.19. The Balaban J connectivity index is 1.57. The van der Waals surface area contributed by atoms with Crippen molar-refractivity contribution in [3.8, 4) is 0 Å². The molecule has 1 aliphatic heterocycles. The number of aliphatic imine (C=N–C) groups is 1. The van der Waals surface area contributed by atoms with Gasteiger partial charge in [0.15, 0.2) is 5.17 Å². The molecule has 1 saturated heterocycles. The summed E-state index contributed by atoms with van der Waals surface area (Å²) in [6.07, 6.45) is 1.82. The molecule has 3 aromatic carbocycles. The summed E-state index contributed by atoms with van der Waals surface area (Å²) in [5.74, 6) is -0.136. The van der Waals surface area contributed by atoms with Crippen molar-refractivity contribution >= 4 is 51.3 Å². The fourth-order valence-electron chi connectivity index (χ4n) is 3.26. The van der Waals surface area contributed by atoms with E-state index in [-0.39, 0.29) is 11.6 Å². The Morgan fingerprint density at radius 3 is 2.30 bits per heavy atom. The summed E-state index contributed by atoms with van der Waals surface area (Å²) in [6.45, 7) is 0. The molecule has 0 atom stereocenters. The van der Waals surface area contributed by atoms with Crippen LogP contribution in [0.5, 0.6) is 0 Å². The fourth-order valence-corrected chi connectivity index (χ4v) is 4.26. The molecule has 0 spiro atoms. The number of aromatic amines is 2. The monoisotopic (exact) mass is 412 g/mol. The number of amides is 1. The van der Waals surface area contributed by atoms with E-state index in [9.17, 15) is 9.59 Å². The third-order valence-electron chi connectivity index (χ3n) is 4.64. The Hall–Kier alpha value is -3.84. The van der Waals surface area contributed by atoms with Crippen LogP contribution in [-0.2, 0) is 4.79 Å². The van der Waals surface area contributed by atoms with Crippen molar-refractivity contribution in [1.29, 1.82) is 0 Å². The number of amidine groups is 1. The molecular formula is C23H16N4O2S. The maximum atomic E-state index is 13.3. The van der Waals surface area contributed by atoms with Gasteiger partial charge in [-0.2, -0.15) is 0 Å². The van der Waals surface area contributed by atoms with E-state index in [0.29, 0.717) is 15.6 Å². The van der Waals surface area contributed by atoms with Crippen LogP contribution < -0.4 is 10.6 Å². The van der Waals surface area contributed by atoms with Gasteiger partial charge in [-0.25, -0.2) is 9.79 Å². The predicted octanol–water partition coefficient (Wildman–Crippen LogP) is 4.66. The maximum absolute atomic E-state index is 13.3. The van der Waals surface area contributed by atoms with Crippen LogP contribution in [0.4, 0.5) is 11.4 Å². The van der Waals surface area contributed by atoms with Gasteiger partial charge >= 0.3 is 5.69 Å². The molecule has 4 aromatic rings. The zero-order valence-corrected chi connectivity index (χ0v) is 16.5. The molecule has 7 heteroatoms. The van der Waals surface area contributed by atoms with E-state index in [1.54, 1.807) is 4.90 Å². The van der Waals surface area contributed by atoms with Crippen LogP contribution in [0.25, 0.3) is 17.1 Å². The van der Waals surface area contributed by atoms with Crippen LogP contribution in [0.1, 0.15) is 5.56 Å². The van der Waals surface area contributed by atoms with Crippen LogP contribution in [-0.4, -0.2) is 21.0 Å². The van der Waals surface area contributed by atoms with E-state index in [0.717, 1.165) is 22.5 Å². The number of thioether (sulfide) groups is 1. The number of hydrogen-bond acceptors (Lipinski definition) is 4. The SMILES string of the molecule is O=C1C(=Cc2ccc3[nH]c(=O)[nH]c3c2)SC(=Nc2ccccc2)N1c1ccccc1. The Morgan fingerprint density at radius 1 is 0.833 bits per heavy atom. The van der Waals surface area contributed by atoms with Gasteiger partial charge in [-0.3, -0.25) is 9.69 Å². The maximum Gasteiger partial charge on any atom is 0.323 e. The third kappa shape index (κ3) is 3.46. The van der Waals surface area contributed by atoms with Crippen LogP contribution in [0, 0.1) is 0 Å². The number of carbonyl (C=O) groups is 1. The molecule has 2 heterocycles. The number of carbonyl (C=O) groups excluding carboxylic acids is 1. The molecule has 5 rings (SSSR count). The van der Waals surface area contributed by atoms with Crippen molar-refractivity contribution in [3.63, 3.8) is 0 Å². The van der Waals surface area contributed by atoms with E-state index in [1.807, 2.05) is 84.9 Å². The van der Waals surface area contributed by atoms with E-state index >= 15 is 0 Å². The van der Waals surface area contributed by atoms with E-state index < -0.39 is 0 Å². The molecule has 0 aliphatic carbocycles. The second-order valence-corrected chi connectivity index (χ2v) is 7.71. The van der Waals surface area contributed by atoms with Crippen molar-refractivity contribution in [2.75, 3.05) is 4.90 Å². The lowest BCUT2D eigenvalue weighted by atomic mass is 10.2. The molecule has 0 bridgehead atoms. The van der Waals surface area contributed by atoms with Crippen LogP contribution in [0.3, 0.4) is 0 Å².